The first-order valence-electron chi connectivity index (χ1n) is 8.52. The van der Waals surface area contributed by atoms with E-state index in [9.17, 15) is 8.42 Å². The first-order valence-corrected chi connectivity index (χ1v) is 9.96. The lowest BCUT2D eigenvalue weighted by molar-refractivity contribution is 0.270. The van der Waals surface area contributed by atoms with Gasteiger partial charge in [-0.05, 0) is 44.2 Å². The van der Waals surface area contributed by atoms with Crippen LogP contribution in [0.3, 0.4) is 0 Å². The average molecular weight is 346 g/mol. The molecule has 0 atom stereocenters. The van der Waals surface area contributed by atoms with Gasteiger partial charge in [0, 0.05) is 25.0 Å². The van der Waals surface area contributed by atoms with E-state index >= 15 is 0 Å². The summed E-state index contributed by atoms with van der Waals surface area (Å²) in [6.07, 6.45) is 5.81. The van der Waals surface area contributed by atoms with Crippen LogP contribution in [0.4, 0.5) is 0 Å². The van der Waals surface area contributed by atoms with Crippen molar-refractivity contribution in [1.82, 2.24) is 19.1 Å². The highest BCUT2D eigenvalue weighted by Crippen LogP contribution is 2.40. The van der Waals surface area contributed by atoms with E-state index in [1.807, 2.05) is 25.4 Å². The zero-order valence-corrected chi connectivity index (χ0v) is 14.6. The number of nitrogens with zero attached hydrogens (tertiary/aromatic N) is 4. The summed E-state index contributed by atoms with van der Waals surface area (Å²) in [5.74, 6) is 1.64. The molecular weight excluding hydrogens is 324 g/mol. The SMILES string of the molecule is Cc1ccccc1S(=O)(=O)N1CCC(n2cnnc2C2CC2)CC1. The van der Waals surface area contributed by atoms with Crippen LogP contribution >= 0.6 is 0 Å². The molecule has 2 aliphatic rings. The van der Waals surface area contributed by atoms with E-state index in [0.717, 1.165) is 24.2 Å². The van der Waals surface area contributed by atoms with Gasteiger partial charge in [-0.2, -0.15) is 4.31 Å². The fourth-order valence-electron chi connectivity index (χ4n) is 3.51. The van der Waals surface area contributed by atoms with Crippen molar-refractivity contribution >= 4 is 10.0 Å². The maximum absolute atomic E-state index is 12.9. The van der Waals surface area contributed by atoms with Crippen LogP contribution in [-0.2, 0) is 10.0 Å². The maximum atomic E-state index is 12.9. The number of aromatic nitrogens is 3. The molecule has 2 aromatic rings. The lowest BCUT2D eigenvalue weighted by Crippen LogP contribution is -2.39. The summed E-state index contributed by atoms with van der Waals surface area (Å²) in [4.78, 5) is 0.423. The van der Waals surface area contributed by atoms with Crippen molar-refractivity contribution in [3.8, 4) is 0 Å². The molecule has 1 aliphatic carbocycles. The van der Waals surface area contributed by atoms with Gasteiger partial charge >= 0.3 is 0 Å². The number of hydrogen-bond donors (Lipinski definition) is 0. The Labute approximate surface area is 142 Å². The number of aryl methyl sites for hydroxylation is 1. The number of rotatable bonds is 4. The molecule has 1 aromatic heterocycles. The van der Waals surface area contributed by atoms with E-state index in [4.69, 9.17) is 0 Å². The monoisotopic (exact) mass is 346 g/mol. The fourth-order valence-corrected chi connectivity index (χ4v) is 5.21. The van der Waals surface area contributed by atoms with Crippen molar-refractivity contribution in [1.29, 1.82) is 0 Å². The van der Waals surface area contributed by atoms with Gasteiger partial charge in [0.1, 0.15) is 12.2 Å². The zero-order valence-electron chi connectivity index (χ0n) is 13.8. The Morgan fingerprint density at radius 1 is 1.08 bits per heavy atom. The Bertz CT molecular complexity index is 834. The van der Waals surface area contributed by atoms with E-state index < -0.39 is 10.0 Å². The molecule has 4 rings (SSSR count). The van der Waals surface area contributed by atoms with Gasteiger partial charge in [0.25, 0.3) is 0 Å². The Hall–Kier alpha value is -1.73. The largest absolute Gasteiger partial charge is 0.314 e. The molecule has 128 valence electrons. The summed E-state index contributed by atoms with van der Waals surface area (Å²) in [7, 11) is -3.41. The minimum absolute atomic E-state index is 0.305. The molecule has 7 heteroatoms. The van der Waals surface area contributed by atoms with Crippen LogP contribution in [0.25, 0.3) is 0 Å². The molecule has 2 heterocycles. The third-order valence-corrected chi connectivity index (χ3v) is 7.13. The summed E-state index contributed by atoms with van der Waals surface area (Å²) in [6.45, 7) is 2.94. The lowest BCUT2D eigenvalue weighted by Gasteiger charge is -2.32. The van der Waals surface area contributed by atoms with Crippen LogP contribution in [0, 0.1) is 6.92 Å². The van der Waals surface area contributed by atoms with E-state index in [2.05, 4.69) is 14.8 Å². The molecule has 1 aliphatic heterocycles. The summed E-state index contributed by atoms with van der Waals surface area (Å²) in [5.41, 5.74) is 0.800. The van der Waals surface area contributed by atoms with Gasteiger partial charge in [0.2, 0.25) is 10.0 Å². The maximum Gasteiger partial charge on any atom is 0.243 e. The highest BCUT2D eigenvalue weighted by atomic mass is 32.2. The summed E-state index contributed by atoms with van der Waals surface area (Å²) in [6, 6.07) is 7.50. The molecule has 1 aromatic carbocycles. The molecular formula is C17H22N4O2S. The van der Waals surface area contributed by atoms with Gasteiger partial charge in [-0.3, -0.25) is 0 Å². The minimum Gasteiger partial charge on any atom is -0.314 e. The molecule has 0 N–H and O–H groups in total. The average Bonchev–Trinajstić information content (AvgIpc) is 3.32. The molecule has 0 radical (unpaired) electrons. The second kappa shape index (κ2) is 5.97. The Morgan fingerprint density at radius 2 is 1.79 bits per heavy atom. The second-order valence-corrected chi connectivity index (χ2v) is 8.68. The Morgan fingerprint density at radius 3 is 2.46 bits per heavy atom. The van der Waals surface area contributed by atoms with Gasteiger partial charge in [0.05, 0.1) is 4.90 Å². The molecule has 6 nitrogen and oxygen atoms in total. The van der Waals surface area contributed by atoms with Crippen LogP contribution in [0.15, 0.2) is 35.5 Å². The Balaban J connectivity index is 1.50. The van der Waals surface area contributed by atoms with Crippen molar-refractivity contribution in [2.75, 3.05) is 13.1 Å². The first-order chi connectivity index (χ1) is 11.6. The number of piperidine rings is 1. The molecule has 1 saturated carbocycles. The molecule has 0 bridgehead atoms. The normalized spacial score (nSPS) is 20.4. The molecule has 0 spiro atoms. The number of sulfonamides is 1. The van der Waals surface area contributed by atoms with E-state index in [-0.39, 0.29) is 0 Å². The Kier molecular flexibility index (Phi) is 3.92. The van der Waals surface area contributed by atoms with Gasteiger partial charge in [-0.1, -0.05) is 18.2 Å². The standard InChI is InChI=1S/C17H22N4O2S/c1-13-4-2-3-5-16(13)24(22,23)20-10-8-15(9-11-20)21-12-18-19-17(21)14-6-7-14/h2-5,12,14-15H,6-11H2,1H3. The van der Waals surface area contributed by atoms with Gasteiger partial charge in [0.15, 0.2) is 0 Å². The highest BCUT2D eigenvalue weighted by Gasteiger charge is 2.34. The van der Waals surface area contributed by atoms with Crippen LogP contribution in [0.2, 0.25) is 0 Å². The first kappa shape index (κ1) is 15.8. The fraction of sp³-hybridized carbons (Fsp3) is 0.529. The summed E-state index contributed by atoms with van der Waals surface area (Å²) in [5, 5.41) is 8.33. The highest BCUT2D eigenvalue weighted by molar-refractivity contribution is 7.89. The summed E-state index contributed by atoms with van der Waals surface area (Å²) >= 11 is 0. The topological polar surface area (TPSA) is 68.1 Å². The molecule has 1 saturated heterocycles. The smallest absolute Gasteiger partial charge is 0.243 e. The quantitative estimate of drug-likeness (QED) is 0.853. The van der Waals surface area contributed by atoms with Crippen LogP contribution in [0.5, 0.6) is 0 Å². The van der Waals surface area contributed by atoms with Crippen LogP contribution in [-0.4, -0.2) is 40.6 Å². The van der Waals surface area contributed by atoms with Gasteiger partial charge < -0.3 is 4.57 Å². The third-order valence-electron chi connectivity index (χ3n) is 5.07. The lowest BCUT2D eigenvalue weighted by atomic mass is 10.1. The van der Waals surface area contributed by atoms with Gasteiger partial charge in [-0.15, -0.1) is 10.2 Å². The van der Waals surface area contributed by atoms with Crippen LogP contribution < -0.4 is 0 Å². The predicted molar refractivity (Wildman–Crippen MR) is 90.2 cm³/mol. The molecule has 2 fully saturated rings. The third kappa shape index (κ3) is 2.75. The summed E-state index contributed by atoms with van der Waals surface area (Å²) < 4.78 is 29.6. The molecule has 0 unspecified atom stereocenters. The molecule has 0 amide bonds. The molecule has 24 heavy (non-hydrogen) atoms. The van der Waals surface area contributed by atoms with Gasteiger partial charge in [-0.25, -0.2) is 8.42 Å². The van der Waals surface area contributed by atoms with E-state index in [1.165, 1.54) is 12.8 Å². The van der Waals surface area contributed by atoms with Crippen LogP contribution in [0.1, 0.15) is 49.0 Å². The van der Waals surface area contributed by atoms with Crippen molar-refractivity contribution in [3.05, 3.63) is 42.0 Å². The zero-order chi connectivity index (χ0) is 16.7. The van der Waals surface area contributed by atoms with Crippen molar-refractivity contribution in [3.63, 3.8) is 0 Å². The van der Waals surface area contributed by atoms with E-state index in [0.29, 0.717) is 29.9 Å². The van der Waals surface area contributed by atoms with Crippen molar-refractivity contribution < 1.29 is 8.42 Å². The predicted octanol–water partition coefficient (Wildman–Crippen LogP) is 2.49. The van der Waals surface area contributed by atoms with Crippen molar-refractivity contribution in [2.45, 2.75) is 49.5 Å². The van der Waals surface area contributed by atoms with E-state index in [1.54, 1.807) is 16.4 Å². The second-order valence-electron chi connectivity index (χ2n) is 6.77. The number of benzene rings is 1. The number of hydrogen-bond acceptors (Lipinski definition) is 4. The minimum atomic E-state index is -3.41. The van der Waals surface area contributed by atoms with Crippen molar-refractivity contribution in [2.24, 2.45) is 0 Å².